The maximum Gasteiger partial charge on any atom is 0.243 e. The topological polar surface area (TPSA) is 98.7 Å². The summed E-state index contributed by atoms with van der Waals surface area (Å²) in [5.41, 5.74) is 0. The molecule has 1 rings (SSSR count). The van der Waals surface area contributed by atoms with Crippen LogP contribution in [0.15, 0.2) is 24.3 Å². The third-order valence-corrected chi connectivity index (χ3v) is 5.54. The molecule has 6 heteroatoms. The first-order valence-electron chi connectivity index (χ1n) is 12.3. The van der Waals surface area contributed by atoms with Crippen LogP contribution >= 0.6 is 0 Å². The van der Waals surface area contributed by atoms with Crippen molar-refractivity contribution in [1.29, 1.82) is 0 Å². The fourth-order valence-electron chi connectivity index (χ4n) is 3.52. The fourth-order valence-corrected chi connectivity index (χ4v) is 3.52. The number of carbonyl (C=O) groups is 2. The molecular formula is C25H44N2O4. The number of aliphatic hydroxyl groups is 2. The number of carbonyl (C=O) groups excluding carboxylic acids is 2. The lowest BCUT2D eigenvalue weighted by molar-refractivity contribution is -0.118. The molecule has 1 aliphatic carbocycles. The van der Waals surface area contributed by atoms with Gasteiger partial charge in [0.1, 0.15) is 0 Å². The number of amides is 2. The summed E-state index contributed by atoms with van der Waals surface area (Å²) in [4.78, 5) is 23.9. The first-order chi connectivity index (χ1) is 15.2. The maximum absolute atomic E-state index is 11.9. The molecule has 1 fully saturated rings. The predicted octanol–water partition coefficient (Wildman–Crippen LogP) is 3.92. The van der Waals surface area contributed by atoms with Crippen LogP contribution in [-0.4, -0.2) is 47.3 Å². The zero-order valence-electron chi connectivity index (χ0n) is 19.2. The standard InChI is InChI=1S/C25H44N2O4/c28-19-15-11-7-3-1-5-9-13-17-24(30)26-22-21-23(22)27-25(31)18-14-10-6-2-4-8-12-16-20-29/h13-14,17-18,22-23,28-29H,1-12,15-16,19-21H2,(H,26,30)(H,27,31)/b17-13+,18-14+/t22-,23+. The van der Waals surface area contributed by atoms with E-state index in [2.05, 4.69) is 10.6 Å². The molecule has 2 amide bonds. The van der Waals surface area contributed by atoms with Crippen molar-refractivity contribution in [3.05, 3.63) is 24.3 Å². The van der Waals surface area contributed by atoms with Gasteiger partial charge in [-0.1, -0.05) is 63.5 Å². The van der Waals surface area contributed by atoms with Gasteiger partial charge >= 0.3 is 0 Å². The lowest BCUT2D eigenvalue weighted by Crippen LogP contribution is -2.33. The van der Waals surface area contributed by atoms with E-state index in [1.807, 2.05) is 12.2 Å². The minimum Gasteiger partial charge on any atom is -0.396 e. The Bertz CT molecular complexity index is 488. The molecule has 0 saturated heterocycles. The highest BCUT2D eigenvalue weighted by Gasteiger charge is 2.38. The van der Waals surface area contributed by atoms with Crippen LogP contribution in [0.5, 0.6) is 0 Å². The van der Waals surface area contributed by atoms with Gasteiger partial charge in [0.15, 0.2) is 0 Å². The molecule has 0 bridgehead atoms. The average molecular weight is 437 g/mol. The zero-order valence-corrected chi connectivity index (χ0v) is 19.2. The van der Waals surface area contributed by atoms with E-state index < -0.39 is 0 Å². The molecule has 31 heavy (non-hydrogen) atoms. The van der Waals surface area contributed by atoms with Crippen molar-refractivity contribution >= 4 is 11.8 Å². The summed E-state index contributed by atoms with van der Waals surface area (Å²) >= 11 is 0. The highest BCUT2D eigenvalue weighted by molar-refractivity contribution is 5.89. The number of unbranched alkanes of at least 4 members (excludes halogenated alkanes) is 12. The highest BCUT2D eigenvalue weighted by Crippen LogP contribution is 2.21. The Morgan fingerprint density at radius 3 is 1.35 bits per heavy atom. The average Bonchev–Trinajstić information content (AvgIpc) is 3.47. The second kappa shape index (κ2) is 19.1. The van der Waals surface area contributed by atoms with Gasteiger partial charge in [-0.25, -0.2) is 0 Å². The van der Waals surface area contributed by atoms with E-state index >= 15 is 0 Å². The summed E-state index contributed by atoms with van der Waals surface area (Å²) in [6.07, 6.45) is 22.8. The largest absolute Gasteiger partial charge is 0.396 e. The monoisotopic (exact) mass is 436 g/mol. The van der Waals surface area contributed by atoms with Crippen LogP contribution in [0.4, 0.5) is 0 Å². The Balaban J connectivity index is 1.97. The normalized spacial score (nSPS) is 18.0. The van der Waals surface area contributed by atoms with E-state index in [4.69, 9.17) is 10.2 Å². The molecule has 0 heterocycles. The Kier molecular flexibility index (Phi) is 16.8. The van der Waals surface area contributed by atoms with Gasteiger partial charge in [-0.15, -0.1) is 0 Å². The van der Waals surface area contributed by atoms with E-state index in [1.54, 1.807) is 12.2 Å². The number of allylic oxidation sites excluding steroid dienone is 2. The number of nitrogens with one attached hydrogen (secondary N) is 2. The molecule has 4 N–H and O–H groups in total. The van der Waals surface area contributed by atoms with Gasteiger partial charge in [0, 0.05) is 13.2 Å². The van der Waals surface area contributed by atoms with Crippen LogP contribution in [0.1, 0.15) is 96.3 Å². The van der Waals surface area contributed by atoms with Crippen LogP contribution in [0.2, 0.25) is 0 Å². The SMILES string of the molecule is O=C(/C=C/CCCCCCCCO)N[C@H]1C[C@H]1NC(=O)/C=C/CCCCCCCCO. The molecule has 1 aliphatic rings. The van der Waals surface area contributed by atoms with E-state index in [0.29, 0.717) is 0 Å². The van der Waals surface area contributed by atoms with Crippen LogP contribution in [0.25, 0.3) is 0 Å². The van der Waals surface area contributed by atoms with Crippen LogP contribution in [0, 0.1) is 0 Å². The molecule has 0 aromatic carbocycles. The van der Waals surface area contributed by atoms with Gasteiger partial charge in [0.2, 0.25) is 11.8 Å². The Hall–Kier alpha value is -1.66. The number of rotatable bonds is 20. The van der Waals surface area contributed by atoms with Gasteiger partial charge in [-0.3, -0.25) is 9.59 Å². The second-order valence-electron chi connectivity index (χ2n) is 8.54. The number of hydrogen-bond donors (Lipinski definition) is 4. The molecule has 0 radical (unpaired) electrons. The summed E-state index contributed by atoms with van der Waals surface area (Å²) in [6, 6.07) is 0.0832. The van der Waals surface area contributed by atoms with Gasteiger partial charge in [-0.05, 0) is 57.1 Å². The van der Waals surface area contributed by atoms with Crippen LogP contribution in [-0.2, 0) is 9.59 Å². The zero-order chi connectivity index (χ0) is 22.6. The van der Waals surface area contributed by atoms with Crippen LogP contribution in [0.3, 0.4) is 0 Å². The minimum absolute atomic E-state index is 0.0416. The summed E-state index contributed by atoms with van der Waals surface area (Å²) in [7, 11) is 0. The first-order valence-corrected chi connectivity index (χ1v) is 12.3. The Morgan fingerprint density at radius 1 is 0.613 bits per heavy atom. The molecule has 2 atom stereocenters. The quantitative estimate of drug-likeness (QED) is 0.172. The molecular weight excluding hydrogens is 392 g/mol. The number of hydrogen-bond acceptors (Lipinski definition) is 4. The Morgan fingerprint density at radius 2 is 0.968 bits per heavy atom. The van der Waals surface area contributed by atoms with E-state index in [9.17, 15) is 9.59 Å². The third-order valence-electron chi connectivity index (χ3n) is 5.54. The van der Waals surface area contributed by atoms with Crippen LogP contribution < -0.4 is 10.6 Å². The van der Waals surface area contributed by atoms with E-state index in [1.165, 1.54) is 25.7 Å². The van der Waals surface area contributed by atoms with Crippen molar-refractivity contribution < 1.29 is 19.8 Å². The van der Waals surface area contributed by atoms with Gasteiger partial charge in [0.05, 0.1) is 12.1 Å². The third kappa shape index (κ3) is 16.7. The second-order valence-corrected chi connectivity index (χ2v) is 8.54. The summed E-state index contributed by atoms with van der Waals surface area (Å²) < 4.78 is 0. The smallest absolute Gasteiger partial charge is 0.243 e. The lowest BCUT2D eigenvalue weighted by atomic mass is 10.1. The fraction of sp³-hybridized carbons (Fsp3) is 0.760. The molecule has 0 aromatic rings. The molecule has 6 nitrogen and oxygen atoms in total. The van der Waals surface area contributed by atoms with Crippen molar-refractivity contribution in [3.8, 4) is 0 Å². The minimum atomic E-state index is -0.0841. The molecule has 0 aliphatic heterocycles. The van der Waals surface area contributed by atoms with Crippen molar-refractivity contribution in [2.75, 3.05) is 13.2 Å². The Labute approximate surface area is 188 Å². The van der Waals surface area contributed by atoms with E-state index in [-0.39, 0.29) is 37.1 Å². The lowest BCUT2D eigenvalue weighted by Gasteiger charge is -2.03. The summed E-state index contributed by atoms with van der Waals surface area (Å²) in [5.74, 6) is -0.168. The van der Waals surface area contributed by atoms with Gasteiger partial charge in [0.25, 0.3) is 0 Å². The number of aliphatic hydroxyl groups excluding tert-OH is 2. The van der Waals surface area contributed by atoms with E-state index in [0.717, 1.165) is 70.6 Å². The first kappa shape index (κ1) is 27.4. The molecule has 1 saturated carbocycles. The molecule has 0 unspecified atom stereocenters. The molecule has 178 valence electrons. The van der Waals surface area contributed by atoms with Gasteiger partial charge < -0.3 is 20.8 Å². The van der Waals surface area contributed by atoms with Crippen molar-refractivity contribution in [2.45, 2.75) is 108 Å². The predicted molar refractivity (Wildman–Crippen MR) is 126 cm³/mol. The highest BCUT2D eigenvalue weighted by atomic mass is 16.3. The summed E-state index contributed by atoms with van der Waals surface area (Å²) in [5, 5.41) is 23.3. The van der Waals surface area contributed by atoms with Crippen molar-refractivity contribution in [2.24, 2.45) is 0 Å². The molecule has 0 spiro atoms. The maximum atomic E-state index is 11.9. The molecule has 0 aromatic heterocycles. The van der Waals surface area contributed by atoms with Crippen molar-refractivity contribution in [1.82, 2.24) is 10.6 Å². The summed E-state index contributed by atoms with van der Waals surface area (Å²) in [6.45, 7) is 0.571. The van der Waals surface area contributed by atoms with Crippen molar-refractivity contribution in [3.63, 3.8) is 0 Å². The van der Waals surface area contributed by atoms with Gasteiger partial charge in [-0.2, -0.15) is 0 Å².